The summed E-state index contributed by atoms with van der Waals surface area (Å²) in [7, 11) is 0. The molecule has 29 heavy (non-hydrogen) atoms. The van der Waals surface area contributed by atoms with E-state index in [1.807, 2.05) is 18.2 Å². The average molecular weight is 390 g/mol. The number of hydrogen-bond acceptors (Lipinski definition) is 4. The SMILES string of the molecule is O=C(Cc1n[nH]c(=O)c2ccccc12)NCc1ccccc1CN1CCCCC1. The van der Waals surface area contributed by atoms with Crippen LogP contribution in [0.2, 0.25) is 0 Å². The highest BCUT2D eigenvalue weighted by atomic mass is 16.1. The van der Waals surface area contributed by atoms with Crippen LogP contribution in [0.5, 0.6) is 0 Å². The minimum absolute atomic E-state index is 0.109. The summed E-state index contributed by atoms with van der Waals surface area (Å²) in [5, 5.41) is 10.9. The Kier molecular flexibility index (Phi) is 6.00. The Morgan fingerprint density at radius 3 is 2.45 bits per heavy atom. The van der Waals surface area contributed by atoms with Crippen molar-refractivity contribution < 1.29 is 4.79 Å². The molecule has 2 N–H and O–H groups in total. The summed E-state index contributed by atoms with van der Waals surface area (Å²) < 4.78 is 0. The zero-order valence-electron chi connectivity index (χ0n) is 16.5. The van der Waals surface area contributed by atoms with Crippen molar-refractivity contribution >= 4 is 16.7 Å². The highest BCUT2D eigenvalue weighted by molar-refractivity contribution is 5.88. The maximum atomic E-state index is 12.6. The minimum atomic E-state index is -0.239. The Balaban J connectivity index is 1.42. The summed E-state index contributed by atoms with van der Waals surface area (Å²) in [6, 6.07) is 15.5. The van der Waals surface area contributed by atoms with Crippen molar-refractivity contribution in [2.24, 2.45) is 0 Å². The summed E-state index contributed by atoms with van der Waals surface area (Å²) >= 11 is 0. The number of amides is 1. The second-order valence-corrected chi connectivity index (χ2v) is 7.60. The molecule has 1 aromatic heterocycles. The lowest BCUT2D eigenvalue weighted by Gasteiger charge is -2.27. The molecule has 0 saturated carbocycles. The molecule has 4 rings (SSSR count). The number of likely N-dealkylation sites (tertiary alicyclic amines) is 1. The molecule has 1 saturated heterocycles. The monoisotopic (exact) mass is 390 g/mol. The van der Waals surface area contributed by atoms with Crippen molar-refractivity contribution in [3.8, 4) is 0 Å². The van der Waals surface area contributed by atoms with E-state index in [1.165, 1.54) is 24.8 Å². The number of nitrogens with zero attached hydrogens (tertiary/aromatic N) is 2. The van der Waals surface area contributed by atoms with Gasteiger partial charge in [-0.05, 0) is 43.1 Å². The Labute approximate surface area is 169 Å². The maximum Gasteiger partial charge on any atom is 0.272 e. The van der Waals surface area contributed by atoms with Gasteiger partial charge in [-0.25, -0.2) is 5.10 Å². The maximum absolute atomic E-state index is 12.6. The number of aromatic nitrogens is 2. The van der Waals surface area contributed by atoms with Crippen LogP contribution in [-0.4, -0.2) is 34.1 Å². The van der Waals surface area contributed by atoms with Gasteiger partial charge in [-0.3, -0.25) is 14.5 Å². The third-order valence-corrected chi connectivity index (χ3v) is 5.54. The third kappa shape index (κ3) is 4.71. The van der Waals surface area contributed by atoms with E-state index in [2.05, 4.69) is 38.6 Å². The number of piperidine rings is 1. The Morgan fingerprint density at radius 2 is 1.66 bits per heavy atom. The molecule has 1 aliphatic heterocycles. The summed E-state index contributed by atoms with van der Waals surface area (Å²) in [6.45, 7) is 3.71. The van der Waals surface area contributed by atoms with Gasteiger partial charge in [0.05, 0.1) is 17.5 Å². The number of hydrogen-bond donors (Lipinski definition) is 2. The summed E-state index contributed by atoms with van der Waals surface area (Å²) in [4.78, 5) is 27.0. The van der Waals surface area contributed by atoms with Crippen molar-refractivity contribution in [2.75, 3.05) is 13.1 Å². The highest BCUT2D eigenvalue weighted by Crippen LogP contribution is 2.17. The molecule has 2 aromatic carbocycles. The molecule has 1 amide bonds. The molecule has 1 fully saturated rings. The van der Waals surface area contributed by atoms with Crippen LogP contribution in [0.1, 0.15) is 36.1 Å². The van der Waals surface area contributed by atoms with Crippen molar-refractivity contribution in [3.63, 3.8) is 0 Å². The number of aromatic amines is 1. The van der Waals surface area contributed by atoms with E-state index in [1.54, 1.807) is 12.1 Å². The fourth-order valence-corrected chi connectivity index (χ4v) is 3.96. The zero-order chi connectivity index (χ0) is 20.1. The molecule has 6 heteroatoms. The van der Waals surface area contributed by atoms with E-state index in [-0.39, 0.29) is 17.9 Å². The minimum Gasteiger partial charge on any atom is -0.352 e. The normalized spacial score (nSPS) is 14.8. The number of benzene rings is 2. The van der Waals surface area contributed by atoms with Gasteiger partial charge in [-0.15, -0.1) is 0 Å². The molecule has 1 aliphatic rings. The first-order valence-electron chi connectivity index (χ1n) is 10.2. The van der Waals surface area contributed by atoms with Crippen LogP contribution >= 0.6 is 0 Å². The molecule has 0 bridgehead atoms. The average Bonchev–Trinajstić information content (AvgIpc) is 2.76. The molecule has 0 radical (unpaired) electrons. The van der Waals surface area contributed by atoms with Gasteiger partial charge in [0, 0.05) is 18.5 Å². The first-order valence-corrected chi connectivity index (χ1v) is 10.2. The fraction of sp³-hybridized carbons (Fsp3) is 0.348. The lowest BCUT2D eigenvalue weighted by atomic mass is 10.0. The van der Waals surface area contributed by atoms with E-state index in [0.29, 0.717) is 17.6 Å². The zero-order valence-corrected chi connectivity index (χ0v) is 16.5. The number of carbonyl (C=O) groups excluding carboxylic acids is 1. The van der Waals surface area contributed by atoms with Gasteiger partial charge in [-0.1, -0.05) is 48.9 Å². The predicted octanol–water partition coefficient (Wildman–Crippen LogP) is 2.77. The molecular formula is C23H26N4O2. The quantitative estimate of drug-likeness (QED) is 0.678. The predicted molar refractivity (Wildman–Crippen MR) is 113 cm³/mol. The van der Waals surface area contributed by atoms with E-state index in [9.17, 15) is 9.59 Å². The van der Waals surface area contributed by atoms with Gasteiger partial charge < -0.3 is 5.32 Å². The van der Waals surface area contributed by atoms with Crippen LogP contribution in [0.25, 0.3) is 10.8 Å². The highest BCUT2D eigenvalue weighted by Gasteiger charge is 2.14. The molecule has 6 nitrogen and oxygen atoms in total. The Morgan fingerprint density at radius 1 is 0.966 bits per heavy atom. The number of carbonyl (C=O) groups is 1. The van der Waals surface area contributed by atoms with Crippen LogP contribution < -0.4 is 10.9 Å². The third-order valence-electron chi connectivity index (χ3n) is 5.54. The lowest BCUT2D eigenvalue weighted by molar-refractivity contribution is -0.120. The van der Waals surface area contributed by atoms with Gasteiger partial charge in [0.15, 0.2) is 0 Å². The molecule has 0 aliphatic carbocycles. The molecule has 3 aromatic rings. The fourth-order valence-electron chi connectivity index (χ4n) is 3.96. The molecular weight excluding hydrogens is 364 g/mol. The first-order chi connectivity index (χ1) is 14.2. The second kappa shape index (κ2) is 9.01. The second-order valence-electron chi connectivity index (χ2n) is 7.60. The summed E-state index contributed by atoms with van der Waals surface area (Å²) in [5.74, 6) is -0.109. The molecule has 150 valence electrons. The van der Waals surface area contributed by atoms with E-state index in [4.69, 9.17) is 0 Å². The van der Waals surface area contributed by atoms with Crippen molar-refractivity contribution in [3.05, 3.63) is 75.7 Å². The van der Waals surface area contributed by atoms with Gasteiger partial charge in [-0.2, -0.15) is 5.10 Å². The topological polar surface area (TPSA) is 78.1 Å². The lowest BCUT2D eigenvalue weighted by Crippen LogP contribution is -2.30. The van der Waals surface area contributed by atoms with E-state index >= 15 is 0 Å². The molecule has 0 spiro atoms. The van der Waals surface area contributed by atoms with Crippen molar-refractivity contribution in [2.45, 2.75) is 38.8 Å². The molecule has 0 unspecified atom stereocenters. The van der Waals surface area contributed by atoms with Crippen LogP contribution in [-0.2, 0) is 24.3 Å². The van der Waals surface area contributed by atoms with Gasteiger partial charge in [0.2, 0.25) is 5.91 Å². The van der Waals surface area contributed by atoms with Crippen LogP contribution in [0.3, 0.4) is 0 Å². The van der Waals surface area contributed by atoms with Crippen LogP contribution in [0, 0.1) is 0 Å². The molecule has 2 heterocycles. The number of rotatable bonds is 6. The van der Waals surface area contributed by atoms with Crippen molar-refractivity contribution in [1.82, 2.24) is 20.4 Å². The smallest absolute Gasteiger partial charge is 0.272 e. The largest absolute Gasteiger partial charge is 0.352 e. The van der Waals surface area contributed by atoms with Gasteiger partial charge in [0.25, 0.3) is 5.56 Å². The number of H-pyrrole nitrogens is 1. The van der Waals surface area contributed by atoms with Gasteiger partial charge >= 0.3 is 0 Å². The van der Waals surface area contributed by atoms with Crippen LogP contribution in [0.15, 0.2) is 53.3 Å². The van der Waals surface area contributed by atoms with Crippen molar-refractivity contribution in [1.29, 1.82) is 0 Å². The Hall–Kier alpha value is -2.99. The Bertz CT molecular complexity index is 1050. The first kappa shape index (κ1) is 19.3. The number of fused-ring (bicyclic) bond motifs is 1. The van der Waals surface area contributed by atoms with Gasteiger partial charge in [0.1, 0.15) is 0 Å². The van der Waals surface area contributed by atoms with E-state index < -0.39 is 0 Å². The summed E-state index contributed by atoms with van der Waals surface area (Å²) in [6.07, 6.45) is 3.98. The summed E-state index contributed by atoms with van der Waals surface area (Å²) in [5.41, 5.74) is 2.75. The van der Waals surface area contributed by atoms with Crippen LogP contribution in [0.4, 0.5) is 0 Å². The standard InChI is InChI=1S/C23H26N4O2/c28-22(14-21-19-10-4-5-11-20(19)23(29)26-25-21)24-15-17-8-2-3-9-18(17)16-27-12-6-1-7-13-27/h2-5,8-11H,1,6-7,12-16H2,(H,24,28)(H,26,29). The van der Waals surface area contributed by atoms with E-state index in [0.717, 1.165) is 30.6 Å². The number of nitrogens with one attached hydrogen (secondary N) is 2. The molecule has 0 atom stereocenters.